The quantitative estimate of drug-likeness (QED) is 0.745. The molecule has 13 heavy (non-hydrogen) atoms. The molecule has 0 aliphatic heterocycles. The summed E-state index contributed by atoms with van der Waals surface area (Å²) in [7, 11) is -8.81. The Morgan fingerprint density at radius 2 is 1.85 bits per heavy atom. The predicted octanol–water partition coefficient (Wildman–Crippen LogP) is 0.0537. The van der Waals surface area contributed by atoms with Crippen molar-refractivity contribution in [2.45, 2.75) is 9.10 Å². The number of sulfonamides is 1. The van der Waals surface area contributed by atoms with Crippen LogP contribution in [-0.4, -0.2) is 16.8 Å². The summed E-state index contributed by atoms with van der Waals surface area (Å²) in [5.74, 6) is 0. The van der Waals surface area contributed by atoms with E-state index in [2.05, 4.69) is 5.14 Å². The zero-order valence-electron chi connectivity index (χ0n) is 5.97. The molecule has 1 aromatic rings. The summed E-state index contributed by atoms with van der Waals surface area (Å²) in [4.78, 5) is -0.693. The summed E-state index contributed by atoms with van der Waals surface area (Å²) in [6, 6.07) is 0.676. The minimum absolute atomic E-state index is 0.385. The minimum Gasteiger partial charge on any atom is -0.224 e. The number of hydrogen-bond donors (Lipinski definition) is 1. The molecule has 0 saturated carbocycles. The molecule has 0 bridgehead atoms. The molecule has 9 heteroatoms. The number of halogens is 1. The fraction of sp³-hybridized carbons (Fsp3) is 0. The van der Waals surface area contributed by atoms with Crippen molar-refractivity contribution in [3.05, 3.63) is 11.4 Å². The molecule has 5 nitrogen and oxygen atoms in total. The Morgan fingerprint density at radius 1 is 1.31 bits per heavy atom. The highest BCUT2D eigenvalue weighted by Gasteiger charge is 2.18. The van der Waals surface area contributed by atoms with Crippen LogP contribution >= 0.6 is 11.3 Å². The maximum absolute atomic E-state index is 12.3. The molecule has 0 aromatic carbocycles. The second-order valence-electron chi connectivity index (χ2n) is 2.08. The SMILES string of the molecule is NS(=O)(=O)c1cc(S(=O)(=O)F)cs1. The van der Waals surface area contributed by atoms with Crippen molar-refractivity contribution < 1.29 is 20.7 Å². The molecule has 0 fully saturated rings. The Balaban J connectivity index is 3.32. The van der Waals surface area contributed by atoms with Gasteiger partial charge in [-0.3, -0.25) is 0 Å². The number of hydrogen-bond acceptors (Lipinski definition) is 5. The highest BCUT2D eigenvalue weighted by atomic mass is 32.3. The summed E-state index contributed by atoms with van der Waals surface area (Å²) in [5, 5.41) is 5.55. The van der Waals surface area contributed by atoms with Gasteiger partial charge in [-0.15, -0.1) is 15.2 Å². The van der Waals surface area contributed by atoms with Crippen LogP contribution in [0.5, 0.6) is 0 Å². The molecule has 0 spiro atoms. The van der Waals surface area contributed by atoms with Gasteiger partial charge in [-0.1, -0.05) is 0 Å². The average Bonchev–Trinajstić information content (AvgIpc) is 2.28. The Labute approximate surface area is 78.3 Å². The van der Waals surface area contributed by atoms with Crippen molar-refractivity contribution in [2.24, 2.45) is 5.14 Å². The van der Waals surface area contributed by atoms with Crippen LogP contribution in [0.15, 0.2) is 20.6 Å². The zero-order valence-corrected chi connectivity index (χ0v) is 8.42. The van der Waals surface area contributed by atoms with E-state index in [1.165, 1.54) is 0 Å². The molecule has 2 N–H and O–H groups in total. The molecule has 0 unspecified atom stereocenters. The van der Waals surface area contributed by atoms with Crippen LogP contribution in [0, 0.1) is 0 Å². The van der Waals surface area contributed by atoms with Crippen molar-refractivity contribution in [3.63, 3.8) is 0 Å². The van der Waals surface area contributed by atoms with Crippen LogP contribution in [0.25, 0.3) is 0 Å². The highest BCUT2D eigenvalue weighted by molar-refractivity contribution is 7.91. The fourth-order valence-corrected chi connectivity index (χ4v) is 3.06. The van der Waals surface area contributed by atoms with Gasteiger partial charge in [0.1, 0.15) is 9.10 Å². The second-order valence-corrected chi connectivity index (χ2v) is 6.13. The normalized spacial score (nSPS) is 13.1. The third kappa shape index (κ3) is 2.46. The molecule has 1 heterocycles. The first-order chi connectivity index (χ1) is 5.71. The van der Waals surface area contributed by atoms with Gasteiger partial charge >= 0.3 is 10.2 Å². The molecule has 0 aliphatic carbocycles. The van der Waals surface area contributed by atoms with Crippen LogP contribution in [0.1, 0.15) is 0 Å². The number of rotatable bonds is 2. The van der Waals surface area contributed by atoms with Crippen LogP contribution in [0.2, 0.25) is 0 Å². The summed E-state index contributed by atoms with van der Waals surface area (Å²) >= 11 is 0.551. The maximum atomic E-state index is 12.3. The van der Waals surface area contributed by atoms with Gasteiger partial charge < -0.3 is 0 Å². The lowest BCUT2D eigenvalue weighted by Gasteiger charge is -1.88. The average molecular weight is 245 g/mol. The lowest BCUT2D eigenvalue weighted by atomic mass is 10.7. The van der Waals surface area contributed by atoms with E-state index in [4.69, 9.17) is 0 Å². The Morgan fingerprint density at radius 3 is 2.08 bits per heavy atom. The van der Waals surface area contributed by atoms with E-state index in [1.807, 2.05) is 0 Å². The number of nitrogens with two attached hydrogens (primary N) is 1. The molecule has 0 saturated heterocycles. The summed E-state index contributed by atoms with van der Waals surface area (Å²) < 4.78 is 53.7. The van der Waals surface area contributed by atoms with E-state index >= 15 is 0 Å². The molecule has 0 amide bonds. The molecule has 1 rings (SSSR count). The molecule has 0 atom stereocenters. The van der Waals surface area contributed by atoms with Crippen molar-refractivity contribution >= 4 is 31.6 Å². The van der Waals surface area contributed by atoms with Gasteiger partial charge in [-0.05, 0) is 6.07 Å². The van der Waals surface area contributed by atoms with E-state index in [0.717, 1.165) is 5.38 Å². The summed E-state index contributed by atoms with van der Waals surface area (Å²) in [5.41, 5.74) is 0. The van der Waals surface area contributed by atoms with Crippen LogP contribution in [-0.2, 0) is 20.2 Å². The first-order valence-electron chi connectivity index (χ1n) is 2.77. The van der Waals surface area contributed by atoms with Gasteiger partial charge in [0, 0.05) is 5.38 Å². The van der Waals surface area contributed by atoms with Crippen molar-refractivity contribution in [1.82, 2.24) is 0 Å². The molecule has 0 radical (unpaired) electrons. The van der Waals surface area contributed by atoms with E-state index in [0.29, 0.717) is 17.4 Å². The Hall–Kier alpha value is -0.510. The van der Waals surface area contributed by atoms with Gasteiger partial charge in [0.15, 0.2) is 0 Å². The highest BCUT2D eigenvalue weighted by Crippen LogP contribution is 2.23. The van der Waals surface area contributed by atoms with Crippen LogP contribution in [0.3, 0.4) is 0 Å². The van der Waals surface area contributed by atoms with Crippen molar-refractivity contribution in [2.75, 3.05) is 0 Å². The number of thiophene rings is 1. The zero-order chi connectivity index (χ0) is 10.3. The van der Waals surface area contributed by atoms with Gasteiger partial charge in [-0.2, -0.15) is 8.42 Å². The van der Waals surface area contributed by atoms with Crippen molar-refractivity contribution in [3.8, 4) is 0 Å². The third-order valence-electron chi connectivity index (χ3n) is 1.11. The number of primary sulfonamides is 1. The van der Waals surface area contributed by atoms with E-state index in [9.17, 15) is 20.7 Å². The van der Waals surface area contributed by atoms with E-state index < -0.39 is 25.1 Å². The molecular formula is C4H4FNO4S3. The van der Waals surface area contributed by atoms with Gasteiger partial charge in [-0.25, -0.2) is 13.6 Å². The second kappa shape index (κ2) is 3.01. The monoisotopic (exact) mass is 245 g/mol. The molecule has 0 aliphatic rings. The lowest BCUT2D eigenvalue weighted by molar-refractivity contribution is 0.552. The minimum atomic E-state index is -4.85. The van der Waals surface area contributed by atoms with Crippen LogP contribution < -0.4 is 5.14 Å². The van der Waals surface area contributed by atoms with Gasteiger partial charge in [0.25, 0.3) is 0 Å². The van der Waals surface area contributed by atoms with Gasteiger partial charge in [0.05, 0.1) is 0 Å². The maximum Gasteiger partial charge on any atom is 0.332 e. The standard InChI is InChI=1S/C4H4FNO4S3/c5-12(7,8)3-1-4(11-2-3)13(6,9)10/h1-2H,(H2,6,9,10). The molecule has 74 valence electrons. The largest absolute Gasteiger partial charge is 0.332 e. The fourth-order valence-electron chi connectivity index (χ4n) is 0.577. The summed E-state index contributed by atoms with van der Waals surface area (Å²) in [6.07, 6.45) is 0. The first-order valence-corrected chi connectivity index (χ1v) is 6.58. The lowest BCUT2D eigenvalue weighted by Crippen LogP contribution is -2.10. The van der Waals surface area contributed by atoms with Crippen LogP contribution in [0.4, 0.5) is 3.89 Å². The Kier molecular flexibility index (Phi) is 2.45. The first kappa shape index (κ1) is 10.6. The predicted molar refractivity (Wildman–Crippen MR) is 44.0 cm³/mol. The Bertz CT molecular complexity index is 467. The molecular weight excluding hydrogens is 241 g/mol. The van der Waals surface area contributed by atoms with E-state index in [-0.39, 0.29) is 4.21 Å². The topological polar surface area (TPSA) is 94.3 Å². The third-order valence-corrected chi connectivity index (χ3v) is 4.45. The summed E-state index contributed by atoms with van der Waals surface area (Å²) in [6.45, 7) is 0. The van der Waals surface area contributed by atoms with Crippen molar-refractivity contribution in [1.29, 1.82) is 0 Å². The smallest absolute Gasteiger partial charge is 0.224 e. The van der Waals surface area contributed by atoms with Gasteiger partial charge in [0.2, 0.25) is 10.0 Å². The van der Waals surface area contributed by atoms with E-state index in [1.54, 1.807) is 0 Å². The molecule has 1 aromatic heterocycles.